The molecule has 5 fully saturated rings. The van der Waals surface area contributed by atoms with E-state index in [2.05, 4.69) is 71.1 Å². The molecule has 0 radical (unpaired) electrons. The maximum Gasteiger partial charge on any atom is 0.255 e. The van der Waals surface area contributed by atoms with Crippen LogP contribution in [0.2, 0.25) is 0 Å². The van der Waals surface area contributed by atoms with Gasteiger partial charge in [0.2, 0.25) is 11.8 Å². The zero-order valence-corrected chi connectivity index (χ0v) is 34.7. The Morgan fingerprint density at radius 2 is 1.63 bits per heavy atom. The highest BCUT2D eigenvalue weighted by Gasteiger charge is 2.42. The van der Waals surface area contributed by atoms with Gasteiger partial charge in [0.05, 0.1) is 23.4 Å². The van der Waals surface area contributed by atoms with Crippen molar-refractivity contribution in [3.05, 3.63) is 59.7 Å². The summed E-state index contributed by atoms with van der Waals surface area (Å²) in [4.78, 5) is 57.8. The van der Waals surface area contributed by atoms with Crippen molar-refractivity contribution in [2.45, 2.75) is 89.4 Å². The Balaban J connectivity index is 0.678. The number of nitrogens with zero attached hydrogens (tertiary/aromatic N) is 8. The van der Waals surface area contributed by atoms with Gasteiger partial charge < -0.3 is 24.3 Å². The molecule has 2 aromatic heterocycles. The lowest BCUT2D eigenvalue weighted by atomic mass is 9.92. The van der Waals surface area contributed by atoms with Crippen molar-refractivity contribution in [1.82, 2.24) is 40.2 Å². The first-order valence-electron chi connectivity index (χ1n) is 22.0. The molecular weight excluding hydrogens is 764 g/mol. The first-order chi connectivity index (χ1) is 29.1. The molecule has 10 rings (SSSR count). The minimum atomic E-state index is -0.759. The fourth-order valence-electron chi connectivity index (χ4n) is 10.3. The lowest BCUT2D eigenvalue weighted by molar-refractivity contribution is -0.136. The van der Waals surface area contributed by atoms with Crippen LogP contribution in [-0.2, 0) is 16.1 Å². The van der Waals surface area contributed by atoms with Crippen molar-refractivity contribution >= 4 is 40.1 Å². The lowest BCUT2D eigenvalue weighted by Gasteiger charge is -2.44. The van der Waals surface area contributed by atoms with E-state index >= 15 is 4.39 Å². The fourth-order valence-corrected chi connectivity index (χ4v) is 10.3. The summed E-state index contributed by atoms with van der Waals surface area (Å²) < 4.78 is 22.4. The molecule has 2 atom stereocenters. The van der Waals surface area contributed by atoms with Crippen LogP contribution in [0.15, 0.2) is 42.7 Å². The highest BCUT2D eigenvalue weighted by Crippen LogP contribution is 2.41. The standard InChI is InChI=1S/C45H55FN10O4/c1-28-23-53(19-20-55(28)37-6-4-32-34(41(37)46)26-56(44(32)59)38-7-8-40(57)49-43(38)58)25-29-9-15-52(16-10-29)24-30-11-17-54(18-12-30)39-22-36(47-27-48-39)42-33-21-31(60-45(2)13-14-45)3-5-35(33)50-51-42/h3-6,21-22,27-30,38H,7-20,23-26H2,1-2H3,(H,50,51)(H,49,57,58)/t28-,38?/m0/s1. The average molecular weight is 819 g/mol. The number of H-pyrrole nitrogens is 1. The van der Waals surface area contributed by atoms with Gasteiger partial charge in [0.15, 0.2) is 5.82 Å². The number of hydrogen-bond acceptors (Lipinski definition) is 11. The Hall–Kier alpha value is -5.15. The van der Waals surface area contributed by atoms with Gasteiger partial charge in [-0.25, -0.2) is 14.4 Å². The Morgan fingerprint density at radius 3 is 2.38 bits per heavy atom. The van der Waals surface area contributed by atoms with Crippen LogP contribution >= 0.6 is 0 Å². The number of anilines is 2. The number of likely N-dealkylation sites (tertiary alicyclic amines) is 1. The summed E-state index contributed by atoms with van der Waals surface area (Å²) in [5, 5.41) is 11.1. The first-order valence-corrected chi connectivity index (χ1v) is 22.0. The quantitative estimate of drug-likeness (QED) is 0.209. The molecule has 4 aromatic rings. The molecule has 1 unspecified atom stereocenters. The van der Waals surface area contributed by atoms with E-state index in [-0.39, 0.29) is 48.7 Å². The van der Waals surface area contributed by atoms with Gasteiger partial charge in [-0.1, -0.05) is 0 Å². The molecule has 7 heterocycles. The second-order valence-electron chi connectivity index (χ2n) is 18.4. The van der Waals surface area contributed by atoms with E-state index < -0.39 is 11.9 Å². The number of ether oxygens (including phenoxy) is 1. The molecule has 2 N–H and O–H groups in total. The van der Waals surface area contributed by atoms with Crippen LogP contribution in [0.25, 0.3) is 22.3 Å². The van der Waals surface area contributed by atoms with Crippen LogP contribution in [0.1, 0.15) is 81.1 Å². The van der Waals surface area contributed by atoms with Gasteiger partial charge in [-0.3, -0.25) is 29.7 Å². The molecule has 15 heteroatoms. The van der Waals surface area contributed by atoms with E-state index in [1.54, 1.807) is 18.5 Å². The summed E-state index contributed by atoms with van der Waals surface area (Å²) in [5.41, 5.74) is 3.73. The van der Waals surface area contributed by atoms with Gasteiger partial charge in [0.25, 0.3) is 5.91 Å². The molecule has 60 heavy (non-hydrogen) atoms. The van der Waals surface area contributed by atoms with Crippen molar-refractivity contribution in [3.63, 3.8) is 0 Å². The van der Waals surface area contributed by atoms with Crippen molar-refractivity contribution in [2.75, 3.05) is 68.7 Å². The molecule has 3 amide bonds. The van der Waals surface area contributed by atoms with Crippen LogP contribution in [0.5, 0.6) is 5.75 Å². The number of piperazine rings is 1. The average Bonchev–Trinajstić information content (AvgIpc) is 3.66. The smallest absolute Gasteiger partial charge is 0.255 e. The van der Waals surface area contributed by atoms with Crippen molar-refractivity contribution in [2.24, 2.45) is 11.8 Å². The summed E-state index contributed by atoms with van der Waals surface area (Å²) in [6.07, 6.45) is 8.94. The molecule has 1 aliphatic carbocycles. The Labute approximate surface area is 349 Å². The summed E-state index contributed by atoms with van der Waals surface area (Å²) in [7, 11) is 0. The number of carbonyl (C=O) groups excluding carboxylic acids is 3. The summed E-state index contributed by atoms with van der Waals surface area (Å²) in [6, 6.07) is 11.0. The van der Waals surface area contributed by atoms with Gasteiger partial charge in [0, 0.05) is 80.9 Å². The Bertz CT molecular complexity index is 2300. The molecule has 2 aromatic carbocycles. The van der Waals surface area contributed by atoms with Gasteiger partial charge in [0.1, 0.15) is 35.2 Å². The van der Waals surface area contributed by atoms with E-state index in [1.165, 1.54) is 17.7 Å². The van der Waals surface area contributed by atoms with Gasteiger partial charge in [-0.15, -0.1) is 0 Å². The topological polar surface area (TPSA) is 143 Å². The summed E-state index contributed by atoms with van der Waals surface area (Å²) in [5.74, 6) is 1.60. The summed E-state index contributed by atoms with van der Waals surface area (Å²) in [6.45, 7) is 13.2. The van der Waals surface area contributed by atoms with E-state index in [0.29, 0.717) is 35.2 Å². The number of halogens is 1. The van der Waals surface area contributed by atoms with Crippen molar-refractivity contribution in [3.8, 4) is 17.1 Å². The number of amides is 3. The molecular formula is C45H55FN10O4. The largest absolute Gasteiger partial charge is 0.488 e. The van der Waals surface area contributed by atoms with Crippen LogP contribution in [0.3, 0.4) is 0 Å². The number of benzene rings is 2. The molecule has 0 spiro atoms. The van der Waals surface area contributed by atoms with Crippen LogP contribution in [0.4, 0.5) is 15.9 Å². The van der Waals surface area contributed by atoms with E-state index in [4.69, 9.17) is 4.74 Å². The molecule has 14 nitrogen and oxygen atoms in total. The van der Waals surface area contributed by atoms with E-state index in [0.717, 1.165) is 112 Å². The third-order valence-corrected chi connectivity index (χ3v) is 14.1. The second kappa shape index (κ2) is 15.7. The number of hydrogen-bond donors (Lipinski definition) is 2. The maximum absolute atomic E-state index is 16.1. The molecule has 1 saturated carbocycles. The minimum Gasteiger partial charge on any atom is -0.488 e. The van der Waals surface area contributed by atoms with Crippen LogP contribution in [-0.4, -0.2) is 129 Å². The van der Waals surface area contributed by atoms with Gasteiger partial charge in [-0.05, 0) is 114 Å². The number of rotatable bonds is 10. The number of fused-ring (bicyclic) bond motifs is 2. The molecule has 5 aliphatic heterocycles. The van der Waals surface area contributed by atoms with E-state index in [1.807, 2.05) is 12.1 Å². The minimum absolute atomic E-state index is 0.0403. The van der Waals surface area contributed by atoms with E-state index in [9.17, 15) is 14.4 Å². The molecule has 4 saturated heterocycles. The predicted octanol–water partition coefficient (Wildman–Crippen LogP) is 4.99. The number of imide groups is 1. The molecule has 0 bridgehead atoms. The SMILES string of the molecule is C[C@H]1CN(CC2CCN(CC3CCN(c4cc(-c5n[nH]c6ccc(OC7(C)CC7)cc56)ncn4)CC3)CC2)CCN1c1ccc2c(c1F)CN(C1CCC(=O)NC1=O)C2=O. The third-order valence-electron chi connectivity index (χ3n) is 14.1. The Morgan fingerprint density at radius 1 is 0.867 bits per heavy atom. The monoisotopic (exact) mass is 818 g/mol. The summed E-state index contributed by atoms with van der Waals surface area (Å²) >= 11 is 0. The first kappa shape index (κ1) is 39.0. The zero-order valence-electron chi connectivity index (χ0n) is 34.7. The third kappa shape index (κ3) is 7.70. The molecule has 6 aliphatic rings. The lowest BCUT2D eigenvalue weighted by Crippen LogP contribution is -2.54. The number of piperidine rings is 3. The van der Waals surface area contributed by atoms with Crippen molar-refractivity contribution in [1.29, 1.82) is 0 Å². The fraction of sp³-hybridized carbons (Fsp3) is 0.556. The van der Waals surface area contributed by atoms with Gasteiger partial charge >= 0.3 is 0 Å². The maximum atomic E-state index is 16.1. The van der Waals surface area contributed by atoms with Crippen LogP contribution in [0, 0.1) is 17.7 Å². The molecule has 316 valence electrons. The van der Waals surface area contributed by atoms with Crippen LogP contribution < -0.4 is 19.9 Å². The number of carbonyl (C=O) groups is 3. The number of aromatic nitrogens is 4. The highest BCUT2D eigenvalue weighted by atomic mass is 19.1. The van der Waals surface area contributed by atoms with Gasteiger partial charge in [-0.2, -0.15) is 5.10 Å². The highest BCUT2D eigenvalue weighted by molar-refractivity contribution is 6.05. The normalized spacial score (nSPS) is 24.3. The van der Waals surface area contributed by atoms with Crippen molar-refractivity contribution < 1.29 is 23.5 Å². The number of nitrogens with one attached hydrogen (secondary N) is 2. The Kier molecular flexibility index (Phi) is 10.2. The zero-order chi connectivity index (χ0) is 41.1. The second-order valence-corrected chi connectivity index (χ2v) is 18.4. The predicted molar refractivity (Wildman–Crippen MR) is 225 cm³/mol. The number of aromatic amines is 1.